The highest BCUT2D eigenvalue weighted by Gasteiger charge is 2.13. The van der Waals surface area contributed by atoms with Crippen molar-refractivity contribution in [1.82, 2.24) is 0 Å². The zero-order valence-electron chi connectivity index (χ0n) is 9.56. The number of anilines is 1. The average molecular weight is 298 g/mol. The minimum absolute atomic E-state index is 0.0318. The molecule has 0 aromatic heterocycles. The first kappa shape index (κ1) is 13.5. The van der Waals surface area contributed by atoms with Crippen molar-refractivity contribution in [2.24, 2.45) is 0 Å². The Morgan fingerprint density at radius 3 is 2.58 bits per heavy atom. The highest BCUT2D eigenvalue weighted by Crippen LogP contribution is 2.35. The van der Waals surface area contributed by atoms with Crippen LogP contribution in [0.25, 0.3) is 0 Å². The van der Waals surface area contributed by atoms with Gasteiger partial charge in [0.1, 0.15) is 5.75 Å². The maximum atomic E-state index is 11.0. The van der Waals surface area contributed by atoms with Gasteiger partial charge < -0.3 is 15.6 Å². The number of carboxylic acid groups (broad SMARTS) is 1. The quantitative estimate of drug-likeness (QED) is 0.838. The van der Waals surface area contributed by atoms with Crippen LogP contribution in [0.5, 0.6) is 11.5 Å². The highest BCUT2D eigenvalue weighted by atomic mass is 35.5. The van der Waals surface area contributed by atoms with Gasteiger partial charge in [0, 0.05) is 11.1 Å². The van der Waals surface area contributed by atoms with Crippen molar-refractivity contribution in [3.05, 3.63) is 52.0 Å². The van der Waals surface area contributed by atoms with E-state index in [0.717, 1.165) is 0 Å². The number of halogens is 2. The van der Waals surface area contributed by atoms with E-state index < -0.39 is 5.97 Å². The average Bonchev–Trinajstić information content (AvgIpc) is 2.36. The Bertz CT molecular complexity index is 644. The number of ether oxygens (including phenoxy) is 1. The molecule has 0 fully saturated rings. The lowest BCUT2D eigenvalue weighted by atomic mass is 10.1. The SMILES string of the molecule is Nc1c(Oc2cc(Cl)ccc2Cl)cccc1C(=O)O. The maximum absolute atomic E-state index is 11.0. The fourth-order valence-corrected chi connectivity index (χ4v) is 1.81. The Balaban J connectivity index is 2.41. The molecule has 0 atom stereocenters. The summed E-state index contributed by atoms with van der Waals surface area (Å²) in [7, 11) is 0. The van der Waals surface area contributed by atoms with Gasteiger partial charge in [0.05, 0.1) is 16.3 Å². The maximum Gasteiger partial charge on any atom is 0.337 e. The number of aromatic carboxylic acids is 1. The summed E-state index contributed by atoms with van der Waals surface area (Å²) in [6.45, 7) is 0. The molecule has 0 aliphatic carbocycles. The Kier molecular flexibility index (Phi) is 3.83. The molecule has 0 aliphatic rings. The van der Waals surface area contributed by atoms with Crippen molar-refractivity contribution in [2.75, 3.05) is 5.73 Å². The molecule has 0 saturated carbocycles. The number of benzene rings is 2. The van der Waals surface area contributed by atoms with E-state index in [1.165, 1.54) is 18.2 Å². The molecule has 6 heteroatoms. The van der Waals surface area contributed by atoms with Gasteiger partial charge in [0.2, 0.25) is 0 Å². The second-order valence-electron chi connectivity index (χ2n) is 3.70. The molecular formula is C13H9Cl2NO3. The van der Waals surface area contributed by atoms with Crippen LogP contribution < -0.4 is 10.5 Å². The van der Waals surface area contributed by atoms with Crippen molar-refractivity contribution in [1.29, 1.82) is 0 Å². The van der Waals surface area contributed by atoms with Gasteiger partial charge in [-0.15, -0.1) is 0 Å². The number of nitrogens with two attached hydrogens (primary N) is 1. The Labute approximate surface area is 119 Å². The van der Waals surface area contributed by atoms with Crippen LogP contribution >= 0.6 is 23.2 Å². The van der Waals surface area contributed by atoms with E-state index in [9.17, 15) is 4.79 Å². The standard InChI is InChI=1S/C13H9Cl2NO3/c14-7-4-5-9(15)11(6-7)19-10-3-1-2-8(12(10)16)13(17)18/h1-6H,16H2,(H,17,18). The molecule has 2 aromatic carbocycles. The Hall–Kier alpha value is -1.91. The molecule has 0 unspecified atom stereocenters. The van der Waals surface area contributed by atoms with E-state index in [1.54, 1.807) is 18.2 Å². The lowest BCUT2D eigenvalue weighted by molar-refractivity contribution is 0.0698. The van der Waals surface area contributed by atoms with Crippen molar-refractivity contribution in [3.8, 4) is 11.5 Å². The molecule has 3 N–H and O–H groups in total. The second-order valence-corrected chi connectivity index (χ2v) is 4.54. The molecule has 4 nitrogen and oxygen atoms in total. The third-order valence-corrected chi connectivity index (χ3v) is 2.96. The number of hydrogen-bond acceptors (Lipinski definition) is 3. The molecule has 2 rings (SSSR count). The highest BCUT2D eigenvalue weighted by molar-refractivity contribution is 6.34. The third-order valence-electron chi connectivity index (χ3n) is 2.41. The summed E-state index contributed by atoms with van der Waals surface area (Å²) in [5, 5.41) is 9.77. The molecule has 0 spiro atoms. The van der Waals surface area contributed by atoms with E-state index in [4.69, 9.17) is 38.8 Å². The van der Waals surface area contributed by atoms with Crippen LogP contribution in [0.1, 0.15) is 10.4 Å². The predicted molar refractivity (Wildman–Crippen MR) is 74.3 cm³/mol. The number of carboxylic acids is 1. The van der Waals surface area contributed by atoms with E-state index >= 15 is 0 Å². The minimum atomic E-state index is -1.12. The summed E-state index contributed by atoms with van der Waals surface area (Å²) in [6.07, 6.45) is 0. The zero-order valence-corrected chi connectivity index (χ0v) is 11.1. The normalized spacial score (nSPS) is 10.2. The van der Waals surface area contributed by atoms with Gasteiger partial charge in [-0.05, 0) is 24.3 Å². The zero-order chi connectivity index (χ0) is 14.0. The summed E-state index contributed by atoms with van der Waals surface area (Å²) < 4.78 is 5.51. The van der Waals surface area contributed by atoms with Crippen LogP contribution in [0.3, 0.4) is 0 Å². The smallest absolute Gasteiger partial charge is 0.337 e. The van der Waals surface area contributed by atoms with Crippen LogP contribution in [0.2, 0.25) is 10.0 Å². The minimum Gasteiger partial charge on any atom is -0.478 e. The molecule has 2 aromatic rings. The summed E-state index contributed by atoms with van der Waals surface area (Å²) in [5.74, 6) is -0.604. The molecule has 98 valence electrons. The first-order valence-corrected chi connectivity index (χ1v) is 5.99. The van der Waals surface area contributed by atoms with Gasteiger partial charge in [-0.1, -0.05) is 29.3 Å². The summed E-state index contributed by atoms with van der Waals surface area (Å²) in [4.78, 5) is 11.0. The first-order chi connectivity index (χ1) is 8.99. The summed E-state index contributed by atoms with van der Waals surface area (Å²) >= 11 is 11.8. The molecule has 0 bridgehead atoms. The molecular weight excluding hydrogens is 289 g/mol. The van der Waals surface area contributed by atoms with Crippen LogP contribution in [0, 0.1) is 0 Å². The van der Waals surface area contributed by atoms with Gasteiger partial charge in [-0.25, -0.2) is 4.79 Å². The molecule has 0 radical (unpaired) electrons. The lowest BCUT2D eigenvalue weighted by Gasteiger charge is -2.11. The molecule has 19 heavy (non-hydrogen) atoms. The summed E-state index contributed by atoms with van der Waals surface area (Å²) in [5.41, 5.74) is 5.74. The fourth-order valence-electron chi connectivity index (χ4n) is 1.49. The van der Waals surface area contributed by atoms with E-state index in [0.29, 0.717) is 15.8 Å². The van der Waals surface area contributed by atoms with Crippen LogP contribution in [0.15, 0.2) is 36.4 Å². The van der Waals surface area contributed by atoms with Gasteiger partial charge in [-0.2, -0.15) is 0 Å². The van der Waals surface area contributed by atoms with Crippen molar-refractivity contribution in [2.45, 2.75) is 0 Å². The number of nitrogen functional groups attached to an aromatic ring is 1. The topological polar surface area (TPSA) is 72.5 Å². The van der Waals surface area contributed by atoms with Gasteiger partial charge in [0.25, 0.3) is 0 Å². The van der Waals surface area contributed by atoms with Crippen LogP contribution in [-0.2, 0) is 0 Å². The Morgan fingerprint density at radius 1 is 1.16 bits per heavy atom. The van der Waals surface area contributed by atoms with Crippen LogP contribution in [0.4, 0.5) is 5.69 Å². The lowest BCUT2D eigenvalue weighted by Crippen LogP contribution is -2.03. The van der Waals surface area contributed by atoms with Gasteiger partial charge in [-0.3, -0.25) is 0 Å². The molecule has 0 amide bonds. The van der Waals surface area contributed by atoms with Crippen molar-refractivity contribution < 1.29 is 14.6 Å². The van der Waals surface area contributed by atoms with Crippen molar-refractivity contribution in [3.63, 3.8) is 0 Å². The molecule has 0 heterocycles. The third kappa shape index (κ3) is 2.92. The predicted octanol–water partition coefficient (Wildman–Crippen LogP) is 4.07. The number of carbonyl (C=O) groups is 1. The van der Waals surface area contributed by atoms with Gasteiger partial charge >= 0.3 is 5.97 Å². The first-order valence-electron chi connectivity index (χ1n) is 5.23. The largest absolute Gasteiger partial charge is 0.478 e. The second kappa shape index (κ2) is 5.38. The summed E-state index contributed by atoms with van der Waals surface area (Å²) in [6, 6.07) is 9.21. The molecule has 0 aliphatic heterocycles. The van der Waals surface area contributed by atoms with E-state index in [-0.39, 0.29) is 17.0 Å². The van der Waals surface area contributed by atoms with E-state index in [2.05, 4.69) is 0 Å². The Morgan fingerprint density at radius 2 is 1.89 bits per heavy atom. The monoisotopic (exact) mass is 297 g/mol. The van der Waals surface area contributed by atoms with Crippen LogP contribution in [-0.4, -0.2) is 11.1 Å². The van der Waals surface area contributed by atoms with E-state index in [1.807, 2.05) is 0 Å². The number of hydrogen-bond donors (Lipinski definition) is 2. The number of para-hydroxylation sites is 1. The van der Waals surface area contributed by atoms with Crippen molar-refractivity contribution >= 4 is 34.9 Å². The number of rotatable bonds is 3. The van der Waals surface area contributed by atoms with Gasteiger partial charge in [0.15, 0.2) is 5.75 Å². The fraction of sp³-hybridized carbons (Fsp3) is 0. The molecule has 0 saturated heterocycles.